The maximum absolute atomic E-state index is 10.3. The van der Waals surface area contributed by atoms with Crippen molar-refractivity contribution in [3.8, 4) is 5.75 Å². The van der Waals surface area contributed by atoms with Gasteiger partial charge in [0, 0.05) is 18.0 Å². The molecule has 0 saturated heterocycles. The van der Waals surface area contributed by atoms with Gasteiger partial charge in [-0.05, 0) is 43.2 Å². The zero-order valence-corrected chi connectivity index (χ0v) is 13.1. The number of benzene rings is 2. The van der Waals surface area contributed by atoms with Gasteiger partial charge in [0.2, 0.25) is 0 Å². The van der Waals surface area contributed by atoms with E-state index in [1.165, 1.54) is 0 Å². The first-order valence-corrected chi connectivity index (χ1v) is 7.79. The number of fused-ring (bicyclic) bond motifs is 1. The molecule has 0 amide bonds. The predicted molar refractivity (Wildman–Crippen MR) is 90.4 cm³/mol. The van der Waals surface area contributed by atoms with Crippen LogP contribution in [0.1, 0.15) is 24.4 Å². The van der Waals surface area contributed by atoms with E-state index in [0.717, 1.165) is 23.0 Å². The maximum Gasteiger partial charge on any atom is 0.135 e. The number of nitrogens with one attached hydrogen (secondary N) is 1. The van der Waals surface area contributed by atoms with Crippen molar-refractivity contribution in [3.05, 3.63) is 65.9 Å². The quantitative estimate of drug-likeness (QED) is 0.653. The molecule has 1 heterocycles. The molecule has 0 aliphatic carbocycles. The molecular weight excluding hydrogens is 290 g/mol. The van der Waals surface area contributed by atoms with Gasteiger partial charge in [-0.15, -0.1) is 0 Å². The van der Waals surface area contributed by atoms with Crippen LogP contribution < -0.4 is 5.32 Å². The monoisotopic (exact) mass is 311 g/mol. The van der Waals surface area contributed by atoms with E-state index in [-0.39, 0.29) is 11.8 Å². The summed E-state index contributed by atoms with van der Waals surface area (Å²) in [7, 11) is 0. The molecule has 23 heavy (non-hydrogen) atoms. The summed E-state index contributed by atoms with van der Waals surface area (Å²) in [5.41, 5.74) is 1.93. The Morgan fingerprint density at radius 2 is 1.83 bits per heavy atom. The van der Waals surface area contributed by atoms with E-state index in [1.54, 1.807) is 12.1 Å². The molecule has 4 nitrogen and oxygen atoms in total. The molecule has 4 heteroatoms. The fraction of sp³-hybridized carbons (Fsp3) is 0.263. The number of para-hydroxylation sites is 1. The molecule has 3 N–H and O–H groups in total. The Bertz CT molecular complexity index is 731. The molecule has 0 bridgehead atoms. The van der Waals surface area contributed by atoms with Gasteiger partial charge in [0.05, 0.1) is 0 Å². The molecule has 3 aromatic rings. The highest BCUT2D eigenvalue weighted by atomic mass is 16.4. The lowest BCUT2D eigenvalue weighted by atomic mass is 10.1. The van der Waals surface area contributed by atoms with Gasteiger partial charge in [-0.1, -0.05) is 30.3 Å². The van der Waals surface area contributed by atoms with Crippen LogP contribution in [0, 0.1) is 0 Å². The standard InChI is InChI=1S/C19H21NO3/c1-13(10-14-6-8-16(21)9-7-14)20-12-17(22)19-11-15-4-2-3-5-18(15)23-19/h2-9,11,13,17,20-22H,10,12H2,1H3. The molecule has 3 rings (SSSR count). The van der Waals surface area contributed by atoms with Crippen LogP contribution >= 0.6 is 0 Å². The summed E-state index contributed by atoms with van der Waals surface area (Å²) in [6.45, 7) is 2.50. The normalized spacial score (nSPS) is 14.0. The minimum Gasteiger partial charge on any atom is -0.508 e. The van der Waals surface area contributed by atoms with E-state index in [0.29, 0.717) is 12.3 Å². The summed E-state index contributed by atoms with van der Waals surface area (Å²) >= 11 is 0. The van der Waals surface area contributed by atoms with E-state index in [9.17, 15) is 10.2 Å². The summed E-state index contributed by atoms with van der Waals surface area (Å²) < 4.78 is 5.68. The van der Waals surface area contributed by atoms with Gasteiger partial charge in [-0.3, -0.25) is 0 Å². The van der Waals surface area contributed by atoms with E-state index >= 15 is 0 Å². The third-order valence-electron chi connectivity index (χ3n) is 3.91. The highest BCUT2D eigenvalue weighted by molar-refractivity contribution is 5.77. The number of rotatable bonds is 6. The molecule has 120 valence electrons. The molecule has 0 fully saturated rings. The fourth-order valence-corrected chi connectivity index (χ4v) is 2.64. The Labute approximate surface area is 135 Å². The number of furan rings is 1. The van der Waals surface area contributed by atoms with E-state index in [4.69, 9.17) is 4.42 Å². The van der Waals surface area contributed by atoms with Crippen LogP contribution in [0.25, 0.3) is 11.0 Å². The number of aliphatic hydroxyl groups excluding tert-OH is 1. The first-order chi connectivity index (χ1) is 11.1. The summed E-state index contributed by atoms with van der Waals surface area (Å²) in [6, 6.07) is 17.0. The molecule has 0 aliphatic heterocycles. The second-order valence-corrected chi connectivity index (χ2v) is 5.88. The number of aliphatic hydroxyl groups is 1. The van der Waals surface area contributed by atoms with Crippen LogP contribution in [0.2, 0.25) is 0 Å². The molecule has 0 spiro atoms. The van der Waals surface area contributed by atoms with Crippen molar-refractivity contribution in [2.24, 2.45) is 0 Å². The molecule has 0 saturated carbocycles. The first-order valence-electron chi connectivity index (χ1n) is 7.79. The molecular formula is C19H21NO3. The maximum atomic E-state index is 10.3. The highest BCUT2D eigenvalue weighted by Gasteiger charge is 2.14. The molecule has 1 aromatic heterocycles. The highest BCUT2D eigenvalue weighted by Crippen LogP contribution is 2.23. The summed E-state index contributed by atoms with van der Waals surface area (Å²) in [4.78, 5) is 0. The largest absolute Gasteiger partial charge is 0.508 e. The lowest BCUT2D eigenvalue weighted by molar-refractivity contribution is 0.146. The minimum absolute atomic E-state index is 0.207. The number of hydrogen-bond donors (Lipinski definition) is 3. The molecule has 2 atom stereocenters. The summed E-state index contributed by atoms with van der Waals surface area (Å²) in [5.74, 6) is 0.852. The van der Waals surface area contributed by atoms with Crippen molar-refractivity contribution in [2.75, 3.05) is 6.54 Å². The first kappa shape index (κ1) is 15.6. The third-order valence-corrected chi connectivity index (χ3v) is 3.91. The van der Waals surface area contributed by atoms with Gasteiger partial charge in [0.25, 0.3) is 0 Å². The van der Waals surface area contributed by atoms with Gasteiger partial charge in [-0.25, -0.2) is 0 Å². The van der Waals surface area contributed by atoms with E-state index in [1.807, 2.05) is 42.5 Å². The Balaban J connectivity index is 1.55. The predicted octanol–water partition coefficient (Wildman–Crippen LogP) is 3.39. The van der Waals surface area contributed by atoms with Crippen molar-refractivity contribution < 1.29 is 14.6 Å². The Hall–Kier alpha value is -2.30. The van der Waals surface area contributed by atoms with Crippen LogP contribution in [0.4, 0.5) is 0 Å². The fourth-order valence-electron chi connectivity index (χ4n) is 2.64. The SMILES string of the molecule is CC(Cc1ccc(O)cc1)NCC(O)c1cc2ccccc2o1. The number of hydrogen-bond acceptors (Lipinski definition) is 4. The van der Waals surface area contributed by atoms with E-state index < -0.39 is 6.10 Å². The van der Waals surface area contributed by atoms with Crippen LogP contribution in [-0.4, -0.2) is 22.8 Å². The van der Waals surface area contributed by atoms with Crippen LogP contribution in [-0.2, 0) is 6.42 Å². The van der Waals surface area contributed by atoms with Crippen molar-refractivity contribution in [3.63, 3.8) is 0 Å². The average Bonchev–Trinajstić information content (AvgIpc) is 2.99. The van der Waals surface area contributed by atoms with Gasteiger partial charge < -0.3 is 19.9 Å². The Kier molecular flexibility index (Phi) is 4.65. The zero-order chi connectivity index (χ0) is 16.2. The second-order valence-electron chi connectivity index (χ2n) is 5.88. The van der Waals surface area contributed by atoms with Crippen molar-refractivity contribution in [1.29, 1.82) is 0 Å². The second kappa shape index (κ2) is 6.86. The minimum atomic E-state index is -0.676. The molecule has 0 aliphatic rings. The topological polar surface area (TPSA) is 65.6 Å². The van der Waals surface area contributed by atoms with Crippen molar-refractivity contribution >= 4 is 11.0 Å². The number of phenols is 1. The lowest BCUT2D eigenvalue weighted by Crippen LogP contribution is -2.31. The summed E-state index contributed by atoms with van der Waals surface area (Å²) in [6.07, 6.45) is 0.150. The molecule has 2 aromatic carbocycles. The lowest BCUT2D eigenvalue weighted by Gasteiger charge is -2.16. The molecule has 2 unspecified atom stereocenters. The van der Waals surface area contributed by atoms with E-state index in [2.05, 4.69) is 12.2 Å². The smallest absolute Gasteiger partial charge is 0.135 e. The van der Waals surface area contributed by atoms with Gasteiger partial charge >= 0.3 is 0 Å². The van der Waals surface area contributed by atoms with Gasteiger partial charge in [-0.2, -0.15) is 0 Å². The zero-order valence-electron chi connectivity index (χ0n) is 13.1. The molecule has 0 radical (unpaired) electrons. The Morgan fingerprint density at radius 1 is 1.09 bits per heavy atom. The van der Waals surface area contributed by atoms with Gasteiger partial charge in [0.15, 0.2) is 0 Å². The number of aromatic hydroxyl groups is 1. The van der Waals surface area contributed by atoms with Crippen LogP contribution in [0.15, 0.2) is 59.0 Å². The van der Waals surface area contributed by atoms with Crippen LogP contribution in [0.3, 0.4) is 0 Å². The van der Waals surface area contributed by atoms with Crippen molar-refractivity contribution in [2.45, 2.75) is 25.5 Å². The third kappa shape index (κ3) is 3.92. The van der Waals surface area contributed by atoms with Crippen molar-refractivity contribution in [1.82, 2.24) is 5.32 Å². The van der Waals surface area contributed by atoms with Crippen LogP contribution in [0.5, 0.6) is 5.75 Å². The Morgan fingerprint density at radius 3 is 2.57 bits per heavy atom. The van der Waals surface area contributed by atoms with Gasteiger partial charge in [0.1, 0.15) is 23.2 Å². The summed E-state index contributed by atoms with van der Waals surface area (Å²) in [5, 5.41) is 23.9. The number of phenolic OH excluding ortho intramolecular Hbond substituents is 1. The average molecular weight is 311 g/mol.